The highest BCUT2D eigenvalue weighted by Crippen LogP contribution is 2.25. The van der Waals surface area contributed by atoms with E-state index in [-0.39, 0.29) is 17.6 Å². The molecule has 0 spiro atoms. The molecule has 0 saturated carbocycles. The number of amides is 2. The number of halogens is 1. The standard InChI is InChI=1S/C18H16ClN5O2S2/c1-2-9-24-16(12-5-7-13(19)8-6-12)21-23-18(24)28-11-15(25)20-22-17(26)14-4-3-10-27-14/h2-8,10H,1,9,11H2,(H,20,25)(H,22,26). The molecule has 2 N–H and O–H groups in total. The SMILES string of the molecule is C=CCn1c(SCC(=O)NNC(=O)c2cccs2)nnc1-c1ccc(Cl)cc1. The molecule has 0 unspecified atom stereocenters. The smallest absolute Gasteiger partial charge is 0.279 e. The lowest BCUT2D eigenvalue weighted by Crippen LogP contribution is -2.42. The van der Waals surface area contributed by atoms with Crippen LogP contribution < -0.4 is 10.9 Å². The van der Waals surface area contributed by atoms with Crippen molar-refractivity contribution in [3.8, 4) is 11.4 Å². The number of hydrogen-bond acceptors (Lipinski definition) is 6. The normalized spacial score (nSPS) is 10.5. The molecule has 3 aromatic rings. The Morgan fingerprint density at radius 3 is 2.68 bits per heavy atom. The van der Waals surface area contributed by atoms with Crippen molar-refractivity contribution in [1.29, 1.82) is 0 Å². The van der Waals surface area contributed by atoms with Crippen molar-refractivity contribution in [2.24, 2.45) is 0 Å². The first-order valence-corrected chi connectivity index (χ1v) is 10.4. The van der Waals surface area contributed by atoms with Gasteiger partial charge >= 0.3 is 0 Å². The van der Waals surface area contributed by atoms with Crippen molar-refractivity contribution in [1.82, 2.24) is 25.6 Å². The van der Waals surface area contributed by atoms with Gasteiger partial charge in [0.05, 0.1) is 10.6 Å². The lowest BCUT2D eigenvalue weighted by molar-refractivity contribution is -0.119. The number of thiophene rings is 1. The Morgan fingerprint density at radius 1 is 1.21 bits per heavy atom. The summed E-state index contributed by atoms with van der Waals surface area (Å²) in [5.41, 5.74) is 5.64. The van der Waals surface area contributed by atoms with Crippen LogP contribution in [0.5, 0.6) is 0 Å². The van der Waals surface area contributed by atoms with E-state index in [1.807, 2.05) is 16.7 Å². The van der Waals surface area contributed by atoms with E-state index in [9.17, 15) is 9.59 Å². The van der Waals surface area contributed by atoms with Crippen molar-refractivity contribution in [2.75, 3.05) is 5.75 Å². The zero-order chi connectivity index (χ0) is 19.9. The van der Waals surface area contributed by atoms with Crippen molar-refractivity contribution < 1.29 is 9.59 Å². The fourth-order valence-electron chi connectivity index (χ4n) is 2.26. The number of hydrogen-bond donors (Lipinski definition) is 2. The van der Waals surface area contributed by atoms with Crippen LogP contribution in [0.15, 0.2) is 59.6 Å². The monoisotopic (exact) mass is 433 g/mol. The average Bonchev–Trinajstić information content (AvgIpc) is 3.36. The summed E-state index contributed by atoms with van der Waals surface area (Å²) in [7, 11) is 0. The van der Waals surface area contributed by atoms with Gasteiger partial charge in [0, 0.05) is 17.1 Å². The zero-order valence-electron chi connectivity index (χ0n) is 14.6. The van der Waals surface area contributed by atoms with Crippen LogP contribution in [0.25, 0.3) is 11.4 Å². The van der Waals surface area contributed by atoms with Gasteiger partial charge in [0.2, 0.25) is 5.91 Å². The summed E-state index contributed by atoms with van der Waals surface area (Å²) in [5, 5.41) is 11.4. The molecule has 7 nitrogen and oxygen atoms in total. The molecule has 10 heteroatoms. The average molecular weight is 434 g/mol. The second-order valence-electron chi connectivity index (χ2n) is 5.48. The molecule has 0 fully saturated rings. The number of thioether (sulfide) groups is 1. The van der Waals surface area contributed by atoms with Crippen LogP contribution in [0.2, 0.25) is 5.02 Å². The lowest BCUT2D eigenvalue weighted by atomic mass is 10.2. The minimum absolute atomic E-state index is 0.0701. The van der Waals surface area contributed by atoms with Gasteiger partial charge in [-0.15, -0.1) is 28.1 Å². The summed E-state index contributed by atoms with van der Waals surface area (Å²) in [6, 6.07) is 10.7. The van der Waals surface area contributed by atoms with Gasteiger partial charge in [0.1, 0.15) is 0 Å². The predicted molar refractivity (Wildman–Crippen MR) is 111 cm³/mol. The Hall–Kier alpha value is -2.62. The zero-order valence-corrected chi connectivity index (χ0v) is 17.0. The Morgan fingerprint density at radius 2 is 2.00 bits per heavy atom. The second kappa shape index (κ2) is 9.54. The van der Waals surface area contributed by atoms with E-state index in [0.717, 1.165) is 5.56 Å². The quantitative estimate of drug-likeness (QED) is 0.338. The minimum Gasteiger partial charge on any atom is -0.298 e. The number of hydrazine groups is 1. The summed E-state index contributed by atoms with van der Waals surface area (Å²) in [5.74, 6) is 0.0235. The fraction of sp³-hybridized carbons (Fsp3) is 0.111. The Balaban J connectivity index is 1.62. The highest BCUT2D eigenvalue weighted by Gasteiger charge is 2.15. The molecular formula is C18H16ClN5O2S2. The maximum Gasteiger partial charge on any atom is 0.279 e. The summed E-state index contributed by atoms with van der Waals surface area (Å²) in [6.07, 6.45) is 1.73. The molecular weight excluding hydrogens is 418 g/mol. The predicted octanol–water partition coefficient (Wildman–Crippen LogP) is 3.40. The van der Waals surface area contributed by atoms with E-state index in [2.05, 4.69) is 27.6 Å². The van der Waals surface area contributed by atoms with Gasteiger partial charge < -0.3 is 0 Å². The summed E-state index contributed by atoms with van der Waals surface area (Å²) >= 11 is 8.45. The molecule has 0 saturated heterocycles. The number of nitrogens with one attached hydrogen (secondary N) is 2. The number of nitrogens with zero attached hydrogens (tertiary/aromatic N) is 3. The molecule has 1 aromatic carbocycles. The van der Waals surface area contributed by atoms with E-state index in [1.165, 1.54) is 23.1 Å². The molecule has 0 atom stereocenters. The minimum atomic E-state index is -0.354. The van der Waals surface area contributed by atoms with E-state index < -0.39 is 0 Å². The van der Waals surface area contributed by atoms with Crippen LogP contribution in [-0.4, -0.2) is 32.3 Å². The molecule has 2 amide bonds. The highest BCUT2D eigenvalue weighted by molar-refractivity contribution is 7.99. The van der Waals surface area contributed by atoms with Gasteiger partial charge in [-0.05, 0) is 35.7 Å². The van der Waals surface area contributed by atoms with Gasteiger partial charge in [-0.25, -0.2) is 0 Å². The first kappa shape index (κ1) is 20.1. The van der Waals surface area contributed by atoms with Crippen LogP contribution in [0.1, 0.15) is 9.67 Å². The first-order valence-electron chi connectivity index (χ1n) is 8.14. The number of carbonyl (C=O) groups is 2. The first-order chi connectivity index (χ1) is 13.6. The molecule has 0 aliphatic rings. The fourth-order valence-corrected chi connectivity index (χ4v) is 3.76. The Kier molecular flexibility index (Phi) is 6.85. The van der Waals surface area contributed by atoms with E-state index in [4.69, 9.17) is 11.6 Å². The molecule has 2 aromatic heterocycles. The molecule has 0 radical (unpaired) electrons. The van der Waals surface area contributed by atoms with E-state index in [1.54, 1.807) is 35.7 Å². The maximum atomic E-state index is 12.0. The largest absolute Gasteiger partial charge is 0.298 e. The van der Waals surface area contributed by atoms with Crippen LogP contribution in [-0.2, 0) is 11.3 Å². The molecule has 2 heterocycles. The van der Waals surface area contributed by atoms with E-state index >= 15 is 0 Å². The number of allylic oxidation sites excluding steroid dienone is 1. The van der Waals surface area contributed by atoms with Crippen molar-refractivity contribution in [3.05, 3.63) is 64.3 Å². The van der Waals surface area contributed by atoms with Gasteiger partial charge in [-0.1, -0.05) is 35.5 Å². The number of aromatic nitrogens is 3. The Bertz CT molecular complexity index is 971. The van der Waals surface area contributed by atoms with Crippen LogP contribution in [0.3, 0.4) is 0 Å². The third kappa shape index (κ3) is 5.00. The molecule has 0 aliphatic carbocycles. The van der Waals surface area contributed by atoms with Gasteiger partial charge in [-0.3, -0.25) is 25.0 Å². The van der Waals surface area contributed by atoms with Crippen molar-refractivity contribution >= 4 is 46.5 Å². The van der Waals surface area contributed by atoms with Gasteiger partial charge in [0.15, 0.2) is 11.0 Å². The summed E-state index contributed by atoms with van der Waals surface area (Å²) in [4.78, 5) is 24.4. The Labute approximate surface area is 174 Å². The number of rotatable bonds is 7. The third-order valence-corrected chi connectivity index (χ3v) is 5.61. The molecule has 144 valence electrons. The molecule has 3 rings (SSSR count). The molecule has 28 heavy (non-hydrogen) atoms. The maximum absolute atomic E-state index is 12.0. The van der Waals surface area contributed by atoms with Gasteiger partial charge in [0.25, 0.3) is 5.91 Å². The third-order valence-electron chi connectivity index (χ3n) is 3.52. The summed E-state index contributed by atoms with van der Waals surface area (Å²) < 4.78 is 1.86. The van der Waals surface area contributed by atoms with E-state index in [0.29, 0.717) is 27.4 Å². The van der Waals surface area contributed by atoms with Crippen LogP contribution >= 0.6 is 34.7 Å². The van der Waals surface area contributed by atoms with Crippen molar-refractivity contribution in [2.45, 2.75) is 11.7 Å². The van der Waals surface area contributed by atoms with Crippen molar-refractivity contribution in [3.63, 3.8) is 0 Å². The lowest BCUT2D eigenvalue weighted by Gasteiger charge is -2.08. The molecule has 0 bridgehead atoms. The summed E-state index contributed by atoms with van der Waals surface area (Å²) in [6.45, 7) is 4.25. The van der Waals surface area contributed by atoms with Crippen LogP contribution in [0.4, 0.5) is 0 Å². The second-order valence-corrected chi connectivity index (χ2v) is 7.81. The molecule has 0 aliphatic heterocycles. The highest BCUT2D eigenvalue weighted by atomic mass is 35.5. The van der Waals surface area contributed by atoms with Gasteiger partial charge in [-0.2, -0.15) is 0 Å². The van der Waals surface area contributed by atoms with Crippen LogP contribution in [0, 0.1) is 0 Å². The number of benzene rings is 1. The number of carbonyl (C=O) groups excluding carboxylic acids is 2. The topological polar surface area (TPSA) is 88.9 Å².